The molecule has 2 N–H and O–H groups in total. The number of aliphatic carboxylic acids is 1. The van der Waals surface area contributed by atoms with Gasteiger partial charge in [0, 0.05) is 26.2 Å². The van der Waals surface area contributed by atoms with E-state index in [1.54, 1.807) is 23.9 Å². The highest BCUT2D eigenvalue weighted by Gasteiger charge is 2.12. The maximum absolute atomic E-state index is 11.9. The average molecular weight is 301 g/mol. The van der Waals surface area contributed by atoms with Gasteiger partial charge in [-0.05, 0) is 24.8 Å². The number of nitrogens with one attached hydrogen (secondary N) is 1. The maximum Gasteiger partial charge on any atom is 0.303 e. The Morgan fingerprint density at radius 3 is 2.65 bits per heavy atom. The van der Waals surface area contributed by atoms with E-state index in [4.69, 9.17) is 16.7 Å². The van der Waals surface area contributed by atoms with Crippen LogP contribution in [0.2, 0.25) is 5.02 Å². The molecule has 1 amide bonds. The molecule has 0 bridgehead atoms. The molecule has 5 nitrogen and oxygen atoms in total. The van der Waals surface area contributed by atoms with Crippen LogP contribution in [0.1, 0.15) is 43.1 Å². The van der Waals surface area contributed by atoms with E-state index in [2.05, 4.69) is 5.32 Å². The third kappa shape index (κ3) is 5.25. The molecular weight excluding hydrogens is 280 g/mol. The lowest BCUT2D eigenvalue weighted by Gasteiger charge is -2.14. The van der Waals surface area contributed by atoms with Crippen molar-refractivity contribution in [2.75, 3.05) is 6.54 Å². The molecule has 0 aromatic carbocycles. The van der Waals surface area contributed by atoms with Crippen molar-refractivity contribution < 1.29 is 14.7 Å². The second kappa shape index (κ2) is 7.94. The molecule has 20 heavy (non-hydrogen) atoms. The summed E-state index contributed by atoms with van der Waals surface area (Å²) in [5.41, 5.74) is 0.522. The normalized spacial score (nSPS) is 12.2. The van der Waals surface area contributed by atoms with Gasteiger partial charge in [0.25, 0.3) is 5.91 Å². The highest BCUT2D eigenvalue weighted by atomic mass is 35.5. The molecular formula is C14H21ClN2O3. The Labute approximate surface area is 123 Å². The molecule has 6 heteroatoms. The van der Waals surface area contributed by atoms with Crippen molar-refractivity contribution in [1.29, 1.82) is 0 Å². The van der Waals surface area contributed by atoms with Crippen LogP contribution >= 0.6 is 11.6 Å². The van der Waals surface area contributed by atoms with Gasteiger partial charge in [-0.2, -0.15) is 0 Å². The molecule has 1 aromatic rings. The standard InChI is InChI=1S/C14H21ClN2O3/c1-3-10(4-5-13(18)19)6-7-16-14(20)12-8-11(15)9-17(12)2/h8-10H,3-7H2,1-2H3,(H,16,20)(H,18,19). The van der Waals surface area contributed by atoms with E-state index >= 15 is 0 Å². The van der Waals surface area contributed by atoms with Crippen LogP contribution in [0.4, 0.5) is 0 Å². The van der Waals surface area contributed by atoms with Gasteiger partial charge in [0.1, 0.15) is 5.69 Å². The number of halogens is 1. The van der Waals surface area contributed by atoms with Crippen molar-refractivity contribution in [2.45, 2.75) is 32.6 Å². The summed E-state index contributed by atoms with van der Waals surface area (Å²) in [6.07, 6.45) is 4.21. The lowest BCUT2D eigenvalue weighted by molar-refractivity contribution is -0.137. The zero-order valence-electron chi connectivity index (χ0n) is 11.9. The summed E-state index contributed by atoms with van der Waals surface area (Å²) in [6.45, 7) is 2.57. The number of hydrogen-bond acceptors (Lipinski definition) is 2. The van der Waals surface area contributed by atoms with Crippen molar-refractivity contribution in [2.24, 2.45) is 13.0 Å². The second-order valence-corrected chi connectivity index (χ2v) is 5.34. The molecule has 0 aliphatic rings. The summed E-state index contributed by atoms with van der Waals surface area (Å²) in [5.74, 6) is -0.609. The third-order valence-corrected chi connectivity index (χ3v) is 3.59. The fraction of sp³-hybridized carbons (Fsp3) is 0.571. The van der Waals surface area contributed by atoms with Crippen LogP contribution in [0.3, 0.4) is 0 Å². The number of carboxylic acids is 1. The average Bonchev–Trinajstić information content (AvgIpc) is 2.72. The summed E-state index contributed by atoms with van der Waals surface area (Å²) in [4.78, 5) is 22.5. The fourth-order valence-electron chi connectivity index (χ4n) is 2.11. The lowest BCUT2D eigenvalue weighted by atomic mass is 9.96. The van der Waals surface area contributed by atoms with E-state index in [9.17, 15) is 9.59 Å². The van der Waals surface area contributed by atoms with E-state index in [0.717, 1.165) is 12.8 Å². The fourth-order valence-corrected chi connectivity index (χ4v) is 2.36. The van der Waals surface area contributed by atoms with Crippen LogP contribution in [0.5, 0.6) is 0 Å². The lowest BCUT2D eigenvalue weighted by Crippen LogP contribution is -2.27. The van der Waals surface area contributed by atoms with Gasteiger partial charge in [0.05, 0.1) is 5.02 Å². The van der Waals surface area contributed by atoms with Gasteiger partial charge >= 0.3 is 5.97 Å². The van der Waals surface area contributed by atoms with Gasteiger partial charge in [0.2, 0.25) is 0 Å². The van der Waals surface area contributed by atoms with Crippen LogP contribution in [-0.4, -0.2) is 28.1 Å². The Hall–Kier alpha value is -1.49. The molecule has 1 heterocycles. The maximum atomic E-state index is 11.9. The van der Waals surface area contributed by atoms with Gasteiger partial charge in [-0.1, -0.05) is 24.9 Å². The molecule has 1 rings (SSSR count). The van der Waals surface area contributed by atoms with Gasteiger partial charge in [-0.3, -0.25) is 9.59 Å². The van der Waals surface area contributed by atoms with Crippen molar-refractivity contribution in [3.63, 3.8) is 0 Å². The molecule has 0 radical (unpaired) electrons. The van der Waals surface area contributed by atoms with Crippen LogP contribution < -0.4 is 5.32 Å². The molecule has 1 aromatic heterocycles. The first kappa shape index (κ1) is 16.6. The number of carboxylic acid groups (broad SMARTS) is 1. The summed E-state index contributed by atoms with van der Waals surface area (Å²) >= 11 is 5.83. The Kier molecular flexibility index (Phi) is 6.58. The topological polar surface area (TPSA) is 71.3 Å². The first-order valence-electron chi connectivity index (χ1n) is 6.75. The minimum atomic E-state index is -0.772. The molecule has 0 spiro atoms. The molecule has 1 unspecified atom stereocenters. The first-order valence-corrected chi connectivity index (χ1v) is 7.13. The summed E-state index contributed by atoms with van der Waals surface area (Å²) < 4.78 is 1.68. The van der Waals surface area contributed by atoms with Crippen LogP contribution in [-0.2, 0) is 11.8 Å². The summed E-state index contributed by atoms with van der Waals surface area (Å²) in [5, 5.41) is 12.0. The predicted molar refractivity (Wildman–Crippen MR) is 78.0 cm³/mol. The van der Waals surface area contributed by atoms with E-state index in [1.807, 2.05) is 6.92 Å². The second-order valence-electron chi connectivity index (χ2n) is 4.91. The van der Waals surface area contributed by atoms with Crippen molar-refractivity contribution in [3.05, 3.63) is 23.0 Å². The van der Waals surface area contributed by atoms with Crippen LogP contribution in [0, 0.1) is 5.92 Å². The minimum Gasteiger partial charge on any atom is -0.481 e. The minimum absolute atomic E-state index is 0.160. The van der Waals surface area contributed by atoms with E-state index in [1.165, 1.54) is 0 Å². The molecule has 0 aliphatic carbocycles. The van der Waals surface area contributed by atoms with Gasteiger partial charge < -0.3 is 15.0 Å². The van der Waals surface area contributed by atoms with Gasteiger partial charge in [-0.25, -0.2) is 0 Å². The van der Waals surface area contributed by atoms with Crippen LogP contribution in [0.25, 0.3) is 0 Å². The summed E-state index contributed by atoms with van der Waals surface area (Å²) in [7, 11) is 1.77. The molecule has 0 fully saturated rings. The predicted octanol–water partition coefficient (Wildman–Crippen LogP) is 2.69. The zero-order chi connectivity index (χ0) is 15.1. The Morgan fingerprint density at radius 2 is 2.15 bits per heavy atom. The molecule has 0 saturated carbocycles. The zero-order valence-corrected chi connectivity index (χ0v) is 12.6. The molecule has 112 valence electrons. The molecule has 1 atom stereocenters. The highest BCUT2D eigenvalue weighted by molar-refractivity contribution is 6.31. The van der Waals surface area contributed by atoms with Gasteiger partial charge in [-0.15, -0.1) is 0 Å². The van der Waals surface area contributed by atoms with E-state index in [0.29, 0.717) is 29.6 Å². The molecule has 0 saturated heterocycles. The largest absolute Gasteiger partial charge is 0.481 e. The quantitative estimate of drug-likeness (QED) is 0.775. The summed E-state index contributed by atoms with van der Waals surface area (Å²) in [6, 6.07) is 1.62. The number of nitrogens with zero attached hydrogens (tertiary/aromatic N) is 1. The number of carbonyl (C=O) groups excluding carboxylic acids is 1. The Morgan fingerprint density at radius 1 is 1.45 bits per heavy atom. The number of aryl methyl sites for hydroxylation is 1. The van der Waals surface area contributed by atoms with Crippen LogP contribution in [0.15, 0.2) is 12.3 Å². The van der Waals surface area contributed by atoms with Crippen molar-refractivity contribution in [3.8, 4) is 0 Å². The van der Waals surface area contributed by atoms with E-state index in [-0.39, 0.29) is 12.3 Å². The number of aromatic nitrogens is 1. The van der Waals surface area contributed by atoms with Crippen molar-refractivity contribution in [1.82, 2.24) is 9.88 Å². The SMILES string of the molecule is CCC(CCNC(=O)c1cc(Cl)cn1C)CCC(=O)O. The number of rotatable bonds is 8. The monoisotopic (exact) mass is 300 g/mol. The Balaban J connectivity index is 2.37. The van der Waals surface area contributed by atoms with Gasteiger partial charge in [0.15, 0.2) is 0 Å². The van der Waals surface area contributed by atoms with E-state index < -0.39 is 5.97 Å². The smallest absolute Gasteiger partial charge is 0.303 e. The van der Waals surface area contributed by atoms with Crippen molar-refractivity contribution >= 4 is 23.5 Å². The number of carbonyl (C=O) groups is 2. The number of hydrogen-bond donors (Lipinski definition) is 2. The third-order valence-electron chi connectivity index (χ3n) is 3.39. The Bertz CT molecular complexity index is 471. The highest BCUT2D eigenvalue weighted by Crippen LogP contribution is 2.15. The first-order chi connectivity index (χ1) is 9.43. The number of amides is 1. The molecule has 0 aliphatic heterocycles.